The molecule has 0 radical (unpaired) electrons. The second-order valence-corrected chi connectivity index (χ2v) is 6.59. The van der Waals surface area contributed by atoms with Crippen molar-refractivity contribution >= 4 is 5.91 Å². The van der Waals surface area contributed by atoms with E-state index in [1.165, 1.54) is 5.56 Å². The van der Waals surface area contributed by atoms with E-state index in [1.54, 1.807) is 7.11 Å². The maximum absolute atomic E-state index is 12.6. The molecule has 3 rings (SSSR count). The fourth-order valence-electron chi connectivity index (χ4n) is 3.14. The SMILES string of the molecule is COc1ccc(C(=O)N2CCC(COc3cccc(C)c3)CC2)cc1. The highest BCUT2D eigenvalue weighted by Crippen LogP contribution is 2.22. The number of nitrogens with zero attached hydrogens (tertiary/aromatic N) is 1. The summed E-state index contributed by atoms with van der Waals surface area (Å²) in [6.45, 7) is 4.35. The van der Waals surface area contributed by atoms with Crippen LogP contribution >= 0.6 is 0 Å². The number of carbonyl (C=O) groups excluding carboxylic acids is 1. The van der Waals surface area contributed by atoms with Gasteiger partial charge in [0.1, 0.15) is 11.5 Å². The van der Waals surface area contributed by atoms with Crippen molar-refractivity contribution in [1.82, 2.24) is 4.90 Å². The van der Waals surface area contributed by atoms with Gasteiger partial charge in [-0.15, -0.1) is 0 Å². The molecule has 132 valence electrons. The predicted molar refractivity (Wildman–Crippen MR) is 98.3 cm³/mol. The first-order valence-corrected chi connectivity index (χ1v) is 8.78. The lowest BCUT2D eigenvalue weighted by atomic mass is 9.97. The zero-order valence-corrected chi connectivity index (χ0v) is 14.9. The lowest BCUT2D eigenvalue weighted by Gasteiger charge is -2.32. The zero-order valence-electron chi connectivity index (χ0n) is 14.9. The summed E-state index contributed by atoms with van der Waals surface area (Å²) in [4.78, 5) is 14.5. The quantitative estimate of drug-likeness (QED) is 0.828. The van der Waals surface area contributed by atoms with E-state index < -0.39 is 0 Å². The van der Waals surface area contributed by atoms with Gasteiger partial charge in [-0.1, -0.05) is 12.1 Å². The van der Waals surface area contributed by atoms with Crippen molar-refractivity contribution in [2.75, 3.05) is 26.8 Å². The fourth-order valence-corrected chi connectivity index (χ4v) is 3.14. The third-order valence-electron chi connectivity index (χ3n) is 4.71. The molecule has 1 aliphatic heterocycles. The Hall–Kier alpha value is -2.49. The van der Waals surface area contributed by atoms with Crippen LogP contribution in [0.3, 0.4) is 0 Å². The number of rotatable bonds is 5. The Labute approximate surface area is 149 Å². The van der Waals surface area contributed by atoms with Crippen LogP contribution in [0.4, 0.5) is 0 Å². The Morgan fingerprint density at radius 3 is 2.44 bits per heavy atom. The smallest absolute Gasteiger partial charge is 0.253 e. The van der Waals surface area contributed by atoms with Crippen LogP contribution in [0, 0.1) is 12.8 Å². The standard InChI is InChI=1S/C21H25NO3/c1-16-4-3-5-20(14-16)25-15-17-10-12-22(13-11-17)21(23)18-6-8-19(24-2)9-7-18/h3-9,14,17H,10-13,15H2,1-2H3. The van der Waals surface area contributed by atoms with Crippen molar-refractivity contribution in [3.8, 4) is 11.5 Å². The third kappa shape index (κ3) is 4.53. The minimum absolute atomic E-state index is 0.0979. The number of benzene rings is 2. The normalized spacial score (nSPS) is 15.0. The second-order valence-electron chi connectivity index (χ2n) is 6.59. The highest BCUT2D eigenvalue weighted by atomic mass is 16.5. The zero-order chi connectivity index (χ0) is 17.6. The summed E-state index contributed by atoms with van der Waals surface area (Å²) in [5.41, 5.74) is 1.92. The number of hydrogen-bond donors (Lipinski definition) is 0. The van der Waals surface area contributed by atoms with Gasteiger partial charge in [0.05, 0.1) is 13.7 Å². The van der Waals surface area contributed by atoms with Gasteiger partial charge in [0.25, 0.3) is 5.91 Å². The topological polar surface area (TPSA) is 38.8 Å². The van der Waals surface area contributed by atoms with Crippen LogP contribution < -0.4 is 9.47 Å². The maximum atomic E-state index is 12.6. The number of methoxy groups -OCH3 is 1. The van der Waals surface area contributed by atoms with Gasteiger partial charge in [-0.25, -0.2) is 0 Å². The van der Waals surface area contributed by atoms with E-state index in [4.69, 9.17) is 9.47 Å². The van der Waals surface area contributed by atoms with E-state index in [0.29, 0.717) is 12.5 Å². The summed E-state index contributed by atoms with van der Waals surface area (Å²) in [6.07, 6.45) is 1.96. The van der Waals surface area contributed by atoms with Crippen LogP contribution in [0.5, 0.6) is 11.5 Å². The van der Waals surface area contributed by atoms with E-state index in [0.717, 1.165) is 43.0 Å². The Morgan fingerprint density at radius 1 is 1.08 bits per heavy atom. The number of hydrogen-bond acceptors (Lipinski definition) is 3. The molecule has 1 saturated heterocycles. The Kier molecular flexibility index (Phi) is 5.59. The number of carbonyl (C=O) groups is 1. The second kappa shape index (κ2) is 8.06. The summed E-state index contributed by atoms with van der Waals surface area (Å²) in [6, 6.07) is 15.4. The Bertz CT molecular complexity index is 703. The van der Waals surface area contributed by atoms with Crippen molar-refractivity contribution in [2.24, 2.45) is 5.92 Å². The molecule has 2 aromatic carbocycles. The highest BCUT2D eigenvalue weighted by molar-refractivity contribution is 5.94. The van der Waals surface area contributed by atoms with E-state index in [9.17, 15) is 4.79 Å². The monoisotopic (exact) mass is 339 g/mol. The molecular weight excluding hydrogens is 314 g/mol. The molecule has 25 heavy (non-hydrogen) atoms. The maximum Gasteiger partial charge on any atom is 0.253 e. The van der Waals surface area contributed by atoms with Gasteiger partial charge in [-0.3, -0.25) is 4.79 Å². The van der Waals surface area contributed by atoms with E-state index in [2.05, 4.69) is 19.1 Å². The van der Waals surface area contributed by atoms with Crippen molar-refractivity contribution in [1.29, 1.82) is 0 Å². The molecule has 1 heterocycles. The average Bonchev–Trinajstić information content (AvgIpc) is 2.66. The van der Waals surface area contributed by atoms with E-state index >= 15 is 0 Å². The van der Waals surface area contributed by atoms with E-state index in [1.807, 2.05) is 41.3 Å². The molecule has 1 fully saturated rings. The minimum Gasteiger partial charge on any atom is -0.497 e. The van der Waals surface area contributed by atoms with Crippen LogP contribution in [0.15, 0.2) is 48.5 Å². The Balaban J connectivity index is 1.48. The highest BCUT2D eigenvalue weighted by Gasteiger charge is 2.24. The summed E-state index contributed by atoms with van der Waals surface area (Å²) >= 11 is 0. The number of amides is 1. The molecule has 4 heteroatoms. The molecule has 1 amide bonds. The van der Waals surface area contributed by atoms with E-state index in [-0.39, 0.29) is 5.91 Å². The molecule has 0 atom stereocenters. The van der Waals surface area contributed by atoms with Gasteiger partial charge in [0.2, 0.25) is 0 Å². The summed E-state index contributed by atoms with van der Waals surface area (Å²) in [7, 11) is 1.63. The van der Waals surface area contributed by atoms with Gasteiger partial charge in [0.15, 0.2) is 0 Å². The van der Waals surface area contributed by atoms with Gasteiger partial charge in [-0.05, 0) is 67.6 Å². The van der Waals surface area contributed by atoms with Crippen LogP contribution in [-0.4, -0.2) is 37.6 Å². The predicted octanol–water partition coefficient (Wildman–Crippen LogP) is 3.93. The molecule has 2 aromatic rings. The average molecular weight is 339 g/mol. The molecule has 0 N–H and O–H groups in total. The number of ether oxygens (including phenoxy) is 2. The lowest BCUT2D eigenvalue weighted by molar-refractivity contribution is 0.0661. The summed E-state index contributed by atoms with van der Waals surface area (Å²) in [5.74, 6) is 2.29. The molecule has 0 saturated carbocycles. The lowest BCUT2D eigenvalue weighted by Crippen LogP contribution is -2.39. The van der Waals surface area contributed by atoms with Gasteiger partial charge in [-0.2, -0.15) is 0 Å². The number of piperidine rings is 1. The van der Waals surface area contributed by atoms with Crippen LogP contribution in [0.1, 0.15) is 28.8 Å². The Morgan fingerprint density at radius 2 is 1.80 bits per heavy atom. The first kappa shape index (κ1) is 17.3. The van der Waals surface area contributed by atoms with Crippen LogP contribution in [-0.2, 0) is 0 Å². The molecule has 1 aliphatic rings. The van der Waals surface area contributed by atoms with Crippen molar-refractivity contribution in [3.63, 3.8) is 0 Å². The molecule has 0 aromatic heterocycles. The van der Waals surface area contributed by atoms with Crippen molar-refractivity contribution in [2.45, 2.75) is 19.8 Å². The van der Waals surface area contributed by atoms with Crippen molar-refractivity contribution < 1.29 is 14.3 Å². The molecule has 0 aliphatic carbocycles. The van der Waals surface area contributed by atoms with Gasteiger partial charge >= 0.3 is 0 Å². The third-order valence-corrected chi connectivity index (χ3v) is 4.71. The minimum atomic E-state index is 0.0979. The van der Waals surface area contributed by atoms with Crippen molar-refractivity contribution in [3.05, 3.63) is 59.7 Å². The number of aryl methyl sites for hydroxylation is 1. The van der Waals surface area contributed by atoms with Crippen LogP contribution in [0.2, 0.25) is 0 Å². The summed E-state index contributed by atoms with van der Waals surface area (Å²) < 4.78 is 11.1. The molecule has 4 nitrogen and oxygen atoms in total. The fraction of sp³-hybridized carbons (Fsp3) is 0.381. The van der Waals surface area contributed by atoms with Gasteiger partial charge in [0, 0.05) is 18.7 Å². The molecule has 0 unspecified atom stereocenters. The molecular formula is C21H25NO3. The first-order valence-electron chi connectivity index (χ1n) is 8.78. The largest absolute Gasteiger partial charge is 0.497 e. The summed E-state index contributed by atoms with van der Waals surface area (Å²) in [5, 5.41) is 0. The number of likely N-dealkylation sites (tertiary alicyclic amines) is 1. The van der Waals surface area contributed by atoms with Crippen LogP contribution in [0.25, 0.3) is 0 Å². The molecule has 0 spiro atoms. The molecule has 0 bridgehead atoms. The van der Waals surface area contributed by atoms with Gasteiger partial charge < -0.3 is 14.4 Å². The first-order chi connectivity index (χ1) is 12.2.